The monoisotopic (exact) mass is 1500 g/mol. The Hall–Kier alpha value is -2.88. The molecular weight excluding hydrogens is 1360 g/mol. The minimum Gasteiger partial charge on any atom is -0.481 e. The minimum absolute atomic E-state index is 0.0137. The van der Waals surface area contributed by atoms with E-state index < -0.39 is 154 Å². The molecule has 0 aromatic rings. The smallest absolute Gasteiger partial charge is 0.309 e. The van der Waals surface area contributed by atoms with Gasteiger partial charge < -0.3 is 88.2 Å². The summed E-state index contributed by atoms with van der Waals surface area (Å²) in [6, 6.07) is 0. The van der Waals surface area contributed by atoms with Gasteiger partial charge in [0.25, 0.3) is 0 Å². The van der Waals surface area contributed by atoms with Crippen molar-refractivity contribution in [1.82, 2.24) is 0 Å². The van der Waals surface area contributed by atoms with Crippen LogP contribution in [0.1, 0.15) is 267 Å². The highest BCUT2D eigenvalue weighted by molar-refractivity contribution is 5.85. The Morgan fingerprint density at radius 3 is 1.08 bits per heavy atom. The number of Topliss-reactive ketones (excluding diaryl/α,β-unsaturated/α-hetero) is 2. The normalized spacial score (nSPS) is 46.2. The van der Waals surface area contributed by atoms with Gasteiger partial charge in [-0.25, -0.2) is 0 Å². The number of aliphatic carboxylic acids is 2. The summed E-state index contributed by atoms with van der Waals surface area (Å²) in [5, 5.41) is 87.9. The second-order valence-electron chi connectivity index (χ2n) is 35.8. The van der Waals surface area contributed by atoms with Crippen LogP contribution in [0.3, 0.4) is 0 Å². The summed E-state index contributed by atoms with van der Waals surface area (Å²) < 4.78 is 67.0. The first-order valence-electron chi connectivity index (χ1n) is 41.5. The van der Waals surface area contributed by atoms with Gasteiger partial charge in [-0.1, -0.05) is 111 Å². The zero-order chi connectivity index (χ0) is 78.5. The van der Waals surface area contributed by atoms with Crippen molar-refractivity contribution < 1.29 is 107 Å². The molecule has 0 saturated carbocycles. The molecule has 4 spiro atoms. The summed E-state index contributed by atoms with van der Waals surface area (Å²) >= 11 is 0. The highest BCUT2D eigenvalue weighted by Crippen LogP contribution is 2.57. The number of aliphatic hydroxyl groups is 6. The standard InChI is InChI=1S/2C42H70O11/c2*1-11-29(38(46)47)31-15-14-23(4)36(50-31)27(8)34(44)26(7)35(45)30(12-2)37-24(5)22-25(6)41(51-37)19-16-32(43)42(53-41)21-20-39(10,52-42)33-17-18-40(48,13-3)28(9)49-33/h2*16,19,23-34,36-37,43-44,48H,11-15,17-18,20-22H2,1-10H3,(H,46,47)/t2*23-,24-,25+,26-,27-,28-,29+,30-,31+,32+,33+,34+,36+,37-,39-,40+,41-,42-/m00/s1. The van der Waals surface area contributed by atoms with Crippen LogP contribution in [-0.2, 0) is 66.5 Å². The van der Waals surface area contributed by atoms with Gasteiger partial charge in [0.15, 0.2) is 11.6 Å². The molecule has 10 aliphatic heterocycles. The maximum atomic E-state index is 14.4. The van der Waals surface area contributed by atoms with Crippen LogP contribution in [0.2, 0.25) is 0 Å². The van der Waals surface area contributed by atoms with Gasteiger partial charge in [0.2, 0.25) is 11.6 Å². The molecule has 22 nitrogen and oxygen atoms in total. The largest absolute Gasteiger partial charge is 0.481 e. The zero-order valence-corrected chi connectivity index (χ0v) is 67.9. The Kier molecular flexibility index (Phi) is 28.0. The van der Waals surface area contributed by atoms with E-state index in [0.717, 1.165) is 12.8 Å². The van der Waals surface area contributed by atoms with E-state index in [9.17, 15) is 60.0 Å². The third-order valence-corrected chi connectivity index (χ3v) is 28.9. The van der Waals surface area contributed by atoms with Crippen molar-refractivity contribution >= 4 is 23.5 Å². The lowest BCUT2D eigenvalue weighted by Gasteiger charge is -2.54. The van der Waals surface area contributed by atoms with Crippen molar-refractivity contribution in [2.45, 2.75) is 398 Å². The topological polar surface area (TPSA) is 322 Å². The van der Waals surface area contributed by atoms with Crippen LogP contribution in [-0.4, -0.2) is 195 Å². The van der Waals surface area contributed by atoms with Gasteiger partial charge in [-0.05, 0) is 191 Å². The molecule has 36 atom stereocenters. The fourth-order valence-corrected chi connectivity index (χ4v) is 21.0. The van der Waals surface area contributed by atoms with Crippen LogP contribution in [0.4, 0.5) is 0 Å². The van der Waals surface area contributed by atoms with Gasteiger partial charge in [0, 0.05) is 60.2 Å². The van der Waals surface area contributed by atoms with E-state index in [-0.39, 0.29) is 83.7 Å². The molecule has 106 heavy (non-hydrogen) atoms. The van der Waals surface area contributed by atoms with Crippen LogP contribution in [0.15, 0.2) is 24.3 Å². The third kappa shape index (κ3) is 16.9. The number of carbonyl (C=O) groups excluding carboxylic acids is 2. The number of aliphatic hydroxyl groups excluding tert-OH is 4. The highest BCUT2D eigenvalue weighted by atomic mass is 16.8. The Morgan fingerprint density at radius 1 is 0.443 bits per heavy atom. The zero-order valence-electron chi connectivity index (χ0n) is 67.9. The van der Waals surface area contributed by atoms with Crippen molar-refractivity contribution in [2.24, 2.45) is 82.9 Å². The Balaban J connectivity index is 0.000000245. The fourth-order valence-electron chi connectivity index (χ4n) is 21.0. The summed E-state index contributed by atoms with van der Waals surface area (Å²) in [6.07, 6.45) is 11.0. The van der Waals surface area contributed by atoms with E-state index in [2.05, 4.69) is 41.5 Å². The third-order valence-electron chi connectivity index (χ3n) is 28.9. The first-order chi connectivity index (χ1) is 49.6. The molecule has 0 aliphatic carbocycles. The average Bonchev–Trinajstić information content (AvgIpc) is 1.50. The predicted molar refractivity (Wildman–Crippen MR) is 397 cm³/mol. The van der Waals surface area contributed by atoms with Crippen LogP contribution in [0, 0.1) is 82.9 Å². The molecule has 10 rings (SSSR count). The summed E-state index contributed by atoms with van der Waals surface area (Å²) in [4.78, 5) is 52.7. The number of hydrogen-bond donors (Lipinski definition) is 8. The van der Waals surface area contributed by atoms with Crippen LogP contribution < -0.4 is 0 Å². The van der Waals surface area contributed by atoms with Crippen LogP contribution in [0.5, 0.6) is 0 Å². The second-order valence-corrected chi connectivity index (χ2v) is 35.8. The van der Waals surface area contributed by atoms with Gasteiger partial charge in [0.05, 0.1) is 107 Å². The van der Waals surface area contributed by atoms with Crippen LogP contribution in [0.25, 0.3) is 0 Å². The lowest BCUT2D eigenvalue weighted by Crippen LogP contribution is -2.63. The van der Waals surface area contributed by atoms with Gasteiger partial charge in [0.1, 0.15) is 23.8 Å². The van der Waals surface area contributed by atoms with Gasteiger partial charge in [-0.15, -0.1) is 0 Å². The van der Waals surface area contributed by atoms with Gasteiger partial charge in [-0.2, -0.15) is 0 Å². The molecule has 10 aliphatic rings. The minimum atomic E-state index is -1.37. The number of ketones is 2. The number of hydrogen-bond acceptors (Lipinski definition) is 20. The number of ether oxygens (including phenoxy) is 10. The van der Waals surface area contributed by atoms with Crippen molar-refractivity contribution in [3.05, 3.63) is 24.3 Å². The average molecular weight is 1500 g/mol. The number of carboxylic acids is 2. The molecule has 0 bridgehead atoms. The Bertz CT molecular complexity index is 2840. The maximum absolute atomic E-state index is 14.4. The van der Waals surface area contributed by atoms with Crippen molar-refractivity contribution in [1.29, 1.82) is 0 Å². The van der Waals surface area contributed by atoms with E-state index in [0.29, 0.717) is 116 Å². The van der Waals surface area contributed by atoms with Gasteiger partial charge >= 0.3 is 11.9 Å². The molecule has 0 aromatic carbocycles. The molecule has 0 amide bonds. The van der Waals surface area contributed by atoms with E-state index in [1.54, 1.807) is 38.2 Å². The first-order valence-corrected chi connectivity index (χ1v) is 41.5. The highest BCUT2D eigenvalue weighted by Gasteiger charge is 2.66. The van der Waals surface area contributed by atoms with E-state index in [1.165, 1.54) is 0 Å². The van der Waals surface area contributed by atoms with Gasteiger partial charge in [-0.3, -0.25) is 19.2 Å². The molecular formula is C84H140O22. The van der Waals surface area contributed by atoms with Crippen molar-refractivity contribution in [2.75, 3.05) is 0 Å². The first kappa shape index (κ1) is 87.1. The Morgan fingerprint density at radius 2 is 0.783 bits per heavy atom. The van der Waals surface area contributed by atoms with Crippen LogP contribution >= 0.6 is 0 Å². The quantitative estimate of drug-likeness (QED) is 0.0416. The van der Waals surface area contributed by atoms with Crippen molar-refractivity contribution in [3.63, 3.8) is 0 Å². The molecule has 608 valence electrons. The number of rotatable bonds is 24. The second kappa shape index (κ2) is 34.0. The molecule has 8 N–H and O–H groups in total. The lowest BCUT2D eigenvalue weighted by molar-refractivity contribution is -0.409. The van der Waals surface area contributed by atoms with E-state index >= 15 is 0 Å². The molecule has 8 fully saturated rings. The molecule has 0 unspecified atom stereocenters. The summed E-state index contributed by atoms with van der Waals surface area (Å²) in [7, 11) is 0. The summed E-state index contributed by atoms with van der Waals surface area (Å²) in [5.41, 5.74) is -3.26. The van der Waals surface area contributed by atoms with E-state index in [4.69, 9.17) is 47.4 Å². The predicted octanol–water partition coefficient (Wildman–Crippen LogP) is 12.4. The lowest BCUT2D eigenvalue weighted by atomic mass is 9.72. The summed E-state index contributed by atoms with van der Waals surface area (Å²) in [6.45, 7) is 39.2. The number of carboxylic acid groups (broad SMARTS) is 2. The molecule has 22 heteroatoms. The fraction of sp³-hybridized carbons (Fsp3) is 0.905. The van der Waals surface area contributed by atoms with Crippen molar-refractivity contribution in [3.8, 4) is 0 Å². The Labute approximate surface area is 633 Å². The number of carbonyl (C=O) groups is 4. The molecule has 0 aromatic heterocycles. The maximum Gasteiger partial charge on any atom is 0.309 e. The summed E-state index contributed by atoms with van der Waals surface area (Å²) in [5.74, 6) is -11.6. The SMILES string of the molecule is CC[C@@H](C(=O)[C@@H](C)[C@@H](O)[C@H](C)[C@@H]1O[C@@H]([C@@H](CC)C(=O)O)CC[C@@H]1C)[C@H]1O[C@]2(C=C[C@@H](O)[C@]3(CC[C@@](C)([C@H]4CC[C@](O)(CC)[C@H](C)O4)O3)O2)[C@H](C)C[C@@H]1C.CC[C@@H](C(=O)[C@@H](C)[C@@H](O)[C@H](C)[C@@H]1O[C@@H]([C@@H](CC)C(=O)O)CC[C@@H]1C)[C@H]1O[C@]2(C=C[C@@H](O)[C@]3(CC[C@@](C)([C@H]4CC[C@](O)(CC)[C@H](C)O4)O3)O2)[C@H](C)C[C@@H]1C. The van der Waals surface area contributed by atoms with E-state index in [1.807, 2.05) is 83.1 Å². The molecule has 10 heterocycles. The molecule has 0 radical (unpaired) electrons. The molecule has 8 saturated heterocycles.